The molecule has 1 rings (SSSR count). The van der Waals surface area contributed by atoms with Gasteiger partial charge in [0.25, 0.3) is 0 Å². The largest absolute Gasteiger partial charge is 0.371 e. The van der Waals surface area contributed by atoms with Crippen LogP contribution in [0.3, 0.4) is 0 Å². The van der Waals surface area contributed by atoms with E-state index in [1.807, 2.05) is 0 Å². The Kier molecular flexibility index (Phi) is 9.86. The molecule has 0 aromatic carbocycles. The van der Waals surface area contributed by atoms with Crippen LogP contribution in [0.5, 0.6) is 0 Å². The topological polar surface area (TPSA) is 6.48 Å². The van der Waals surface area contributed by atoms with Crippen molar-refractivity contribution in [2.45, 2.75) is 85.6 Å². The fourth-order valence-corrected chi connectivity index (χ4v) is 3.80. The molecule has 0 bridgehead atoms. The van der Waals surface area contributed by atoms with Gasteiger partial charge in [-0.1, -0.05) is 46.1 Å². The minimum Gasteiger partial charge on any atom is -0.371 e. The van der Waals surface area contributed by atoms with Crippen molar-refractivity contribution in [2.75, 3.05) is 26.2 Å². The van der Waals surface area contributed by atoms with Crippen molar-refractivity contribution in [1.82, 2.24) is 9.80 Å². The standard InChI is InChI=1S/C20H40N2/c1-6-10-20(11-7-2)22(18(5)8-3)17-16-21-14-12-19(9-4)13-15-21/h8,19-20H,6-7,9-17H2,1-5H3/b18-8+. The lowest BCUT2D eigenvalue weighted by Crippen LogP contribution is -2.42. The number of likely N-dealkylation sites (tertiary alicyclic amines) is 1. The van der Waals surface area contributed by atoms with E-state index in [9.17, 15) is 0 Å². The summed E-state index contributed by atoms with van der Waals surface area (Å²) in [6, 6.07) is 0.736. The van der Waals surface area contributed by atoms with Crippen LogP contribution in [0.2, 0.25) is 0 Å². The van der Waals surface area contributed by atoms with Crippen molar-refractivity contribution in [2.24, 2.45) is 5.92 Å². The second kappa shape index (κ2) is 11.1. The first-order valence-corrected chi connectivity index (χ1v) is 9.78. The number of hydrogen-bond donors (Lipinski definition) is 0. The molecule has 0 N–H and O–H groups in total. The van der Waals surface area contributed by atoms with Crippen LogP contribution in [0, 0.1) is 5.92 Å². The van der Waals surface area contributed by atoms with E-state index in [0.29, 0.717) is 0 Å². The maximum atomic E-state index is 2.69. The van der Waals surface area contributed by atoms with Gasteiger partial charge < -0.3 is 9.80 Å². The van der Waals surface area contributed by atoms with Gasteiger partial charge in [-0.25, -0.2) is 0 Å². The van der Waals surface area contributed by atoms with Gasteiger partial charge in [-0.3, -0.25) is 0 Å². The summed E-state index contributed by atoms with van der Waals surface area (Å²) in [7, 11) is 0. The molecule has 0 aliphatic carbocycles. The molecule has 0 saturated carbocycles. The smallest absolute Gasteiger partial charge is 0.0305 e. The highest BCUT2D eigenvalue weighted by Gasteiger charge is 2.21. The third kappa shape index (κ3) is 6.32. The number of nitrogens with zero attached hydrogens (tertiary/aromatic N) is 2. The van der Waals surface area contributed by atoms with Crippen LogP contribution < -0.4 is 0 Å². The van der Waals surface area contributed by atoms with E-state index in [1.165, 1.54) is 76.8 Å². The molecule has 0 aromatic rings. The minimum atomic E-state index is 0.736. The maximum absolute atomic E-state index is 2.69. The quantitative estimate of drug-likeness (QED) is 0.540. The zero-order valence-corrected chi connectivity index (χ0v) is 15.9. The molecule has 1 saturated heterocycles. The zero-order chi connectivity index (χ0) is 16.4. The lowest BCUT2D eigenvalue weighted by atomic mass is 9.94. The summed E-state index contributed by atoms with van der Waals surface area (Å²) >= 11 is 0. The van der Waals surface area contributed by atoms with Gasteiger partial charge in [0.2, 0.25) is 0 Å². The van der Waals surface area contributed by atoms with E-state index in [-0.39, 0.29) is 0 Å². The third-order valence-electron chi connectivity index (χ3n) is 5.50. The number of rotatable bonds is 10. The van der Waals surface area contributed by atoms with Gasteiger partial charge in [0.05, 0.1) is 0 Å². The number of allylic oxidation sites excluding steroid dienone is 2. The average Bonchev–Trinajstić information content (AvgIpc) is 2.55. The van der Waals surface area contributed by atoms with Gasteiger partial charge in [-0.05, 0) is 58.5 Å². The minimum absolute atomic E-state index is 0.736. The zero-order valence-electron chi connectivity index (χ0n) is 15.9. The van der Waals surface area contributed by atoms with Gasteiger partial charge in [0.1, 0.15) is 0 Å². The summed E-state index contributed by atoms with van der Waals surface area (Å²) in [5.41, 5.74) is 1.47. The Labute approximate surface area is 139 Å². The molecule has 0 unspecified atom stereocenters. The van der Waals surface area contributed by atoms with Crippen molar-refractivity contribution < 1.29 is 0 Å². The van der Waals surface area contributed by atoms with Gasteiger partial charge >= 0.3 is 0 Å². The van der Waals surface area contributed by atoms with Crippen LogP contribution in [-0.2, 0) is 0 Å². The molecule has 1 heterocycles. The van der Waals surface area contributed by atoms with Gasteiger partial charge in [0.15, 0.2) is 0 Å². The molecule has 0 atom stereocenters. The predicted molar refractivity (Wildman–Crippen MR) is 99.2 cm³/mol. The van der Waals surface area contributed by atoms with Crippen LogP contribution in [0.25, 0.3) is 0 Å². The molecule has 1 aliphatic rings. The van der Waals surface area contributed by atoms with Gasteiger partial charge in [-0.15, -0.1) is 0 Å². The molecule has 0 aromatic heterocycles. The molecule has 2 nitrogen and oxygen atoms in total. The van der Waals surface area contributed by atoms with Gasteiger partial charge in [-0.2, -0.15) is 0 Å². The Bertz CT molecular complexity index is 297. The van der Waals surface area contributed by atoms with E-state index in [4.69, 9.17) is 0 Å². The van der Waals surface area contributed by atoms with E-state index in [1.54, 1.807) is 0 Å². The van der Waals surface area contributed by atoms with Crippen molar-refractivity contribution in [3.05, 3.63) is 11.8 Å². The summed E-state index contributed by atoms with van der Waals surface area (Å²) < 4.78 is 0. The highest BCUT2D eigenvalue weighted by atomic mass is 15.2. The van der Waals surface area contributed by atoms with E-state index >= 15 is 0 Å². The Balaban J connectivity index is 2.54. The van der Waals surface area contributed by atoms with Crippen LogP contribution in [0.4, 0.5) is 0 Å². The molecule has 0 radical (unpaired) electrons. The molecular weight excluding hydrogens is 268 g/mol. The van der Waals surface area contributed by atoms with Crippen LogP contribution in [-0.4, -0.2) is 42.0 Å². The molecule has 0 amide bonds. The molecule has 130 valence electrons. The lowest BCUT2D eigenvalue weighted by molar-refractivity contribution is 0.145. The number of piperidine rings is 1. The maximum Gasteiger partial charge on any atom is 0.0305 e. The highest BCUT2D eigenvalue weighted by Crippen LogP contribution is 2.21. The average molecular weight is 309 g/mol. The lowest BCUT2D eigenvalue weighted by Gasteiger charge is -2.38. The monoisotopic (exact) mass is 308 g/mol. The third-order valence-corrected chi connectivity index (χ3v) is 5.50. The van der Waals surface area contributed by atoms with E-state index < -0.39 is 0 Å². The fraction of sp³-hybridized carbons (Fsp3) is 0.900. The summed E-state index contributed by atoms with van der Waals surface area (Å²) in [4.78, 5) is 5.38. The van der Waals surface area contributed by atoms with E-state index in [0.717, 1.165) is 12.0 Å². The van der Waals surface area contributed by atoms with Crippen molar-refractivity contribution in [3.8, 4) is 0 Å². The van der Waals surface area contributed by atoms with Gasteiger partial charge in [0, 0.05) is 24.8 Å². The van der Waals surface area contributed by atoms with Crippen molar-refractivity contribution >= 4 is 0 Å². The van der Waals surface area contributed by atoms with E-state index in [2.05, 4.69) is 50.5 Å². The molecule has 22 heavy (non-hydrogen) atoms. The fourth-order valence-electron chi connectivity index (χ4n) is 3.80. The van der Waals surface area contributed by atoms with Crippen LogP contribution >= 0.6 is 0 Å². The molecule has 1 fully saturated rings. The van der Waals surface area contributed by atoms with Crippen molar-refractivity contribution in [3.63, 3.8) is 0 Å². The van der Waals surface area contributed by atoms with Crippen molar-refractivity contribution in [1.29, 1.82) is 0 Å². The highest BCUT2D eigenvalue weighted by molar-refractivity contribution is 4.98. The van der Waals surface area contributed by atoms with Crippen LogP contribution in [0.15, 0.2) is 11.8 Å². The van der Waals surface area contributed by atoms with Crippen LogP contribution in [0.1, 0.15) is 79.6 Å². The second-order valence-corrected chi connectivity index (χ2v) is 7.05. The molecule has 1 aliphatic heterocycles. The Morgan fingerprint density at radius 2 is 1.73 bits per heavy atom. The Morgan fingerprint density at radius 1 is 1.14 bits per heavy atom. The normalized spacial score (nSPS) is 18.2. The Morgan fingerprint density at radius 3 is 2.18 bits per heavy atom. The Hall–Kier alpha value is -0.500. The first kappa shape index (κ1) is 19.5. The SMILES string of the molecule is C/C=C(\C)N(CCN1CCC(CC)CC1)C(CCC)CCC. The molecular formula is C20H40N2. The predicted octanol–water partition coefficient (Wildman–Crippen LogP) is 5.30. The summed E-state index contributed by atoms with van der Waals surface area (Å²) in [6.45, 7) is 16.5. The molecule has 0 spiro atoms. The first-order valence-electron chi connectivity index (χ1n) is 9.78. The summed E-state index contributed by atoms with van der Waals surface area (Å²) in [6.07, 6.45) is 11.7. The first-order chi connectivity index (χ1) is 10.7. The number of hydrogen-bond acceptors (Lipinski definition) is 2. The summed E-state index contributed by atoms with van der Waals surface area (Å²) in [5.74, 6) is 0.984. The summed E-state index contributed by atoms with van der Waals surface area (Å²) in [5, 5.41) is 0. The molecule has 2 heteroatoms. The second-order valence-electron chi connectivity index (χ2n) is 7.05.